The van der Waals surface area contributed by atoms with E-state index in [9.17, 15) is 0 Å². The second kappa shape index (κ2) is 5.33. The summed E-state index contributed by atoms with van der Waals surface area (Å²) < 4.78 is 2.31. The third-order valence-electron chi connectivity index (χ3n) is 3.78. The molecular formula is C15H21ClN2. The van der Waals surface area contributed by atoms with Crippen molar-refractivity contribution >= 4 is 22.5 Å². The van der Waals surface area contributed by atoms with Gasteiger partial charge in [0.1, 0.15) is 0 Å². The molecule has 3 heteroatoms. The quantitative estimate of drug-likeness (QED) is 0.835. The Morgan fingerprint density at radius 3 is 2.61 bits per heavy atom. The summed E-state index contributed by atoms with van der Waals surface area (Å²) in [6, 6.07) is 4.14. The van der Waals surface area contributed by atoms with E-state index in [0.29, 0.717) is 0 Å². The Kier molecular flexibility index (Phi) is 3.98. The average molecular weight is 265 g/mol. The number of fused-ring (bicyclic) bond motifs is 1. The molecule has 0 aliphatic rings. The smallest absolute Gasteiger partial charge is 0.0527 e. The van der Waals surface area contributed by atoms with Gasteiger partial charge in [-0.25, -0.2) is 0 Å². The predicted octanol–water partition coefficient (Wildman–Crippen LogP) is 3.60. The zero-order valence-electron chi connectivity index (χ0n) is 11.6. The lowest BCUT2D eigenvalue weighted by Crippen LogP contribution is -2.10. The van der Waals surface area contributed by atoms with E-state index < -0.39 is 0 Å². The number of halogens is 1. The fourth-order valence-corrected chi connectivity index (χ4v) is 2.89. The van der Waals surface area contributed by atoms with E-state index in [4.69, 9.17) is 11.6 Å². The van der Waals surface area contributed by atoms with Gasteiger partial charge in [-0.1, -0.05) is 17.7 Å². The molecule has 0 radical (unpaired) electrons. The van der Waals surface area contributed by atoms with E-state index in [0.717, 1.165) is 24.4 Å². The first-order valence-corrected chi connectivity index (χ1v) is 6.83. The van der Waals surface area contributed by atoms with Crippen LogP contribution in [0.15, 0.2) is 12.1 Å². The molecule has 2 rings (SSSR count). The zero-order valence-corrected chi connectivity index (χ0v) is 12.4. The molecule has 0 saturated heterocycles. The Morgan fingerprint density at radius 1 is 1.22 bits per heavy atom. The van der Waals surface area contributed by atoms with Crippen LogP contribution in [0, 0.1) is 13.8 Å². The molecule has 0 aliphatic carbocycles. The third-order valence-corrected chi connectivity index (χ3v) is 4.19. The Balaban J connectivity index is 2.52. The number of rotatable bonds is 4. The lowest BCUT2D eigenvalue weighted by Gasteiger charge is -2.07. The van der Waals surface area contributed by atoms with Gasteiger partial charge in [0.05, 0.1) is 5.52 Å². The summed E-state index contributed by atoms with van der Waals surface area (Å²) in [4.78, 5) is 0. The van der Waals surface area contributed by atoms with Gasteiger partial charge >= 0.3 is 0 Å². The predicted molar refractivity (Wildman–Crippen MR) is 79.7 cm³/mol. The normalized spacial score (nSPS) is 11.4. The van der Waals surface area contributed by atoms with Crippen LogP contribution in [-0.4, -0.2) is 18.2 Å². The maximum atomic E-state index is 6.22. The number of hydrogen-bond acceptors (Lipinski definition) is 1. The summed E-state index contributed by atoms with van der Waals surface area (Å²) in [5.41, 5.74) is 5.27. The minimum atomic E-state index is 0.852. The maximum Gasteiger partial charge on any atom is 0.0527 e. The van der Waals surface area contributed by atoms with Gasteiger partial charge in [0.15, 0.2) is 0 Å². The van der Waals surface area contributed by atoms with Crippen LogP contribution in [0.1, 0.15) is 23.2 Å². The van der Waals surface area contributed by atoms with Crippen LogP contribution in [0.2, 0.25) is 5.02 Å². The Bertz CT molecular complexity index is 570. The summed E-state index contributed by atoms with van der Waals surface area (Å²) in [7, 11) is 4.14. The van der Waals surface area contributed by atoms with E-state index in [2.05, 4.69) is 36.8 Å². The standard InChI is InChI=1S/C15H21ClN2/c1-10-12-7-8-13(16)11(2)15(12)18(4)14(10)6-5-9-17-3/h7-8,17H,5-6,9H2,1-4H3. The molecule has 2 aromatic rings. The van der Waals surface area contributed by atoms with Crippen LogP contribution in [0.25, 0.3) is 10.9 Å². The molecule has 0 atom stereocenters. The second-order valence-corrected chi connectivity index (χ2v) is 5.31. The van der Waals surface area contributed by atoms with Crippen molar-refractivity contribution in [2.45, 2.75) is 26.7 Å². The van der Waals surface area contributed by atoms with Crippen LogP contribution in [-0.2, 0) is 13.5 Å². The van der Waals surface area contributed by atoms with Crippen molar-refractivity contribution in [1.29, 1.82) is 0 Å². The molecule has 1 aromatic carbocycles. The van der Waals surface area contributed by atoms with E-state index >= 15 is 0 Å². The highest BCUT2D eigenvalue weighted by Gasteiger charge is 2.14. The highest BCUT2D eigenvalue weighted by Crippen LogP contribution is 2.31. The maximum absolute atomic E-state index is 6.22. The largest absolute Gasteiger partial charge is 0.347 e. The molecule has 0 unspecified atom stereocenters. The minimum absolute atomic E-state index is 0.852. The first kappa shape index (κ1) is 13.4. The van der Waals surface area contributed by atoms with Gasteiger partial charge in [0, 0.05) is 23.2 Å². The summed E-state index contributed by atoms with van der Waals surface area (Å²) >= 11 is 6.22. The lowest BCUT2D eigenvalue weighted by molar-refractivity contribution is 0.695. The first-order valence-electron chi connectivity index (χ1n) is 6.45. The van der Waals surface area contributed by atoms with Gasteiger partial charge in [-0.2, -0.15) is 0 Å². The summed E-state index contributed by atoms with van der Waals surface area (Å²) in [6.07, 6.45) is 2.27. The molecule has 1 N–H and O–H groups in total. The van der Waals surface area contributed by atoms with Gasteiger partial charge in [-0.3, -0.25) is 0 Å². The molecule has 0 bridgehead atoms. The van der Waals surface area contributed by atoms with Gasteiger partial charge in [0.25, 0.3) is 0 Å². The first-order chi connectivity index (χ1) is 8.57. The van der Waals surface area contributed by atoms with Crippen molar-refractivity contribution in [1.82, 2.24) is 9.88 Å². The van der Waals surface area contributed by atoms with E-state index in [1.54, 1.807) is 0 Å². The number of benzene rings is 1. The van der Waals surface area contributed by atoms with Crippen molar-refractivity contribution in [3.8, 4) is 0 Å². The number of nitrogens with zero attached hydrogens (tertiary/aromatic N) is 1. The average Bonchev–Trinajstić information content (AvgIpc) is 2.59. The highest BCUT2D eigenvalue weighted by atomic mass is 35.5. The highest BCUT2D eigenvalue weighted by molar-refractivity contribution is 6.32. The Morgan fingerprint density at radius 2 is 1.94 bits per heavy atom. The van der Waals surface area contributed by atoms with Crippen LogP contribution in [0.3, 0.4) is 0 Å². The fraction of sp³-hybridized carbons (Fsp3) is 0.467. The molecule has 2 nitrogen and oxygen atoms in total. The zero-order chi connectivity index (χ0) is 13.3. The number of aryl methyl sites for hydroxylation is 3. The monoisotopic (exact) mass is 264 g/mol. The molecule has 98 valence electrons. The van der Waals surface area contributed by atoms with Crippen LogP contribution in [0.4, 0.5) is 0 Å². The Labute approximate surface area is 114 Å². The van der Waals surface area contributed by atoms with E-state index in [1.807, 2.05) is 13.1 Å². The van der Waals surface area contributed by atoms with Gasteiger partial charge in [-0.05, 0) is 57.5 Å². The van der Waals surface area contributed by atoms with Gasteiger partial charge in [-0.15, -0.1) is 0 Å². The SMILES string of the molecule is CNCCCc1c(C)c2ccc(Cl)c(C)c2n1C. The molecule has 0 spiro atoms. The second-order valence-electron chi connectivity index (χ2n) is 4.91. The summed E-state index contributed by atoms with van der Waals surface area (Å²) in [5.74, 6) is 0. The van der Waals surface area contributed by atoms with Crippen molar-refractivity contribution in [3.05, 3.63) is 34.0 Å². The van der Waals surface area contributed by atoms with Crippen LogP contribution in [0.5, 0.6) is 0 Å². The molecule has 1 aromatic heterocycles. The lowest BCUT2D eigenvalue weighted by atomic mass is 10.1. The Hall–Kier alpha value is -0.990. The molecule has 0 fully saturated rings. The summed E-state index contributed by atoms with van der Waals surface area (Å²) in [5, 5.41) is 5.38. The van der Waals surface area contributed by atoms with E-state index in [-0.39, 0.29) is 0 Å². The molecule has 1 heterocycles. The molecule has 0 aliphatic heterocycles. The third kappa shape index (κ3) is 2.15. The van der Waals surface area contributed by atoms with Crippen LogP contribution < -0.4 is 5.32 Å². The number of aromatic nitrogens is 1. The van der Waals surface area contributed by atoms with Crippen molar-refractivity contribution in [3.63, 3.8) is 0 Å². The summed E-state index contributed by atoms with van der Waals surface area (Å²) in [6.45, 7) is 5.37. The number of nitrogens with one attached hydrogen (secondary N) is 1. The van der Waals surface area contributed by atoms with E-state index in [1.165, 1.54) is 27.7 Å². The van der Waals surface area contributed by atoms with Crippen molar-refractivity contribution < 1.29 is 0 Å². The number of hydrogen-bond donors (Lipinski definition) is 1. The molecule has 0 saturated carbocycles. The molecule has 0 amide bonds. The fourth-order valence-electron chi connectivity index (χ4n) is 2.74. The van der Waals surface area contributed by atoms with Gasteiger partial charge < -0.3 is 9.88 Å². The minimum Gasteiger partial charge on any atom is -0.347 e. The van der Waals surface area contributed by atoms with Crippen molar-refractivity contribution in [2.24, 2.45) is 7.05 Å². The van der Waals surface area contributed by atoms with Crippen LogP contribution >= 0.6 is 11.6 Å². The molecule has 18 heavy (non-hydrogen) atoms. The van der Waals surface area contributed by atoms with Gasteiger partial charge in [0.2, 0.25) is 0 Å². The topological polar surface area (TPSA) is 17.0 Å². The van der Waals surface area contributed by atoms with Crippen molar-refractivity contribution in [2.75, 3.05) is 13.6 Å². The molecular weight excluding hydrogens is 244 g/mol.